The molecule has 1 amide bonds. The van der Waals surface area contributed by atoms with E-state index in [0.717, 1.165) is 45.7 Å². The summed E-state index contributed by atoms with van der Waals surface area (Å²) in [6, 6.07) is 0.235. The van der Waals surface area contributed by atoms with Gasteiger partial charge in [0.1, 0.15) is 0 Å². The van der Waals surface area contributed by atoms with Gasteiger partial charge in [0.05, 0.1) is 13.2 Å². The predicted molar refractivity (Wildman–Crippen MR) is 83.7 cm³/mol. The molecule has 0 N–H and O–H groups in total. The van der Waals surface area contributed by atoms with E-state index in [1.807, 2.05) is 11.8 Å². The van der Waals surface area contributed by atoms with E-state index in [9.17, 15) is 4.79 Å². The van der Waals surface area contributed by atoms with Crippen LogP contribution in [0.15, 0.2) is 4.52 Å². The van der Waals surface area contributed by atoms with Crippen LogP contribution in [0.4, 0.5) is 0 Å². The SMILES string of the molecule is CCc1nc(CN(C(C)=O)C2CCN(CC3CCOC3)C2)no1. The minimum absolute atomic E-state index is 0.0731. The topological polar surface area (TPSA) is 71.7 Å². The minimum atomic E-state index is 0.0731. The van der Waals surface area contributed by atoms with E-state index in [1.165, 1.54) is 0 Å². The number of likely N-dealkylation sites (tertiary alicyclic amines) is 1. The fourth-order valence-corrected chi connectivity index (χ4v) is 3.47. The molecule has 3 heterocycles. The Kier molecular flexibility index (Phi) is 5.27. The van der Waals surface area contributed by atoms with E-state index in [-0.39, 0.29) is 11.9 Å². The lowest BCUT2D eigenvalue weighted by Gasteiger charge is -2.27. The number of carbonyl (C=O) groups is 1. The minimum Gasteiger partial charge on any atom is -0.381 e. The molecule has 0 saturated carbocycles. The van der Waals surface area contributed by atoms with Crippen LogP contribution in [-0.4, -0.2) is 64.7 Å². The molecule has 0 aliphatic carbocycles. The van der Waals surface area contributed by atoms with E-state index >= 15 is 0 Å². The highest BCUT2D eigenvalue weighted by molar-refractivity contribution is 5.73. The molecule has 0 radical (unpaired) electrons. The Balaban J connectivity index is 1.56. The molecule has 3 rings (SSSR count). The van der Waals surface area contributed by atoms with Crippen molar-refractivity contribution in [3.63, 3.8) is 0 Å². The first kappa shape index (κ1) is 16.4. The van der Waals surface area contributed by atoms with Gasteiger partial charge in [-0.25, -0.2) is 0 Å². The Morgan fingerprint density at radius 2 is 2.30 bits per heavy atom. The van der Waals surface area contributed by atoms with Crippen molar-refractivity contribution in [2.24, 2.45) is 5.92 Å². The van der Waals surface area contributed by atoms with Gasteiger partial charge in [-0.05, 0) is 18.8 Å². The Morgan fingerprint density at radius 3 is 2.96 bits per heavy atom. The number of amides is 1. The van der Waals surface area contributed by atoms with Crippen molar-refractivity contribution >= 4 is 5.91 Å². The van der Waals surface area contributed by atoms with Crippen molar-refractivity contribution in [3.8, 4) is 0 Å². The molecule has 7 heteroatoms. The highest BCUT2D eigenvalue weighted by Crippen LogP contribution is 2.21. The van der Waals surface area contributed by atoms with Crippen molar-refractivity contribution in [2.75, 3.05) is 32.8 Å². The summed E-state index contributed by atoms with van der Waals surface area (Å²) in [6.07, 6.45) is 2.87. The first-order valence-electron chi connectivity index (χ1n) is 8.54. The third-order valence-electron chi connectivity index (χ3n) is 4.76. The third kappa shape index (κ3) is 4.09. The van der Waals surface area contributed by atoms with Gasteiger partial charge in [0.2, 0.25) is 11.8 Å². The number of ether oxygens (including phenoxy) is 1. The molecule has 0 bridgehead atoms. The van der Waals surface area contributed by atoms with Crippen molar-refractivity contribution in [3.05, 3.63) is 11.7 Å². The van der Waals surface area contributed by atoms with Crippen molar-refractivity contribution in [1.29, 1.82) is 0 Å². The zero-order chi connectivity index (χ0) is 16.2. The lowest BCUT2D eigenvalue weighted by Crippen LogP contribution is -2.41. The molecular weight excluding hydrogens is 296 g/mol. The number of rotatable bonds is 6. The van der Waals surface area contributed by atoms with Crippen molar-refractivity contribution < 1.29 is 14.1 Å². The van der Waals surface area contributed by atoms with Crippen LogP contribution in [0, 0.1) is 5.92 Å². The smallest absolute Gasteiger partial charge is 0.226 e. The lowest BCUT2D eigenvalue weighted by atomic mass is 10.1. The summed E-state index contributed by atoms with van der Waals surface area (Å²) in [7, 11) is 0. The largest absolute Gasteiger partial charge is 0.381 e. The Hall–Kier alpha value is -1.47. The summed E-state index contributed by atoms with van der Waals surface area (Å²) in [5.74, 6) is 1.94. The number of aromatic nitrogens is 2. The van der Waals surface area contributed by atoms with E-state index in [2.05, 4.69) is 15.0 Å². The van der Waals surface area contributed by atoms with Gasteiger partial charge in [-0.15, -0.1) is 0 Å². The van der Waals surface area contributed by atoms with Gasteiger partial charge < -0.3 is 19.1 Å². The van der Waals surface area contributed by atoms with E-state index in [0.29, 0.717) is 30.6 Å². The molecule has 7 nitrogen and oxygen atoms in total. The van der Waals surface area contributed by atoms with Crippen LogP contribution < -0.4 is 0 Å². The zero-order valence-electron chi connectivity index (χ0n) is 14.0. The summed E-state index contributed by atoms with van der Waals surface area (Å²) in [4.78, 5) is 20.7. The summed E-state index contributed by atoms with van der Waals surface area (Å²) in [6.45, 7) is 8.83. The number of hydrogen-bond acceptors (Lipinski definition) is 6. The van der Waals surface area contributed by atoms with Crippen LogP contribution in [0.25, 0.3) is 0 Å². The maximum Gasteiger partial charge on any atom is 0.226 e. The lowest BCUT2D eigenvalue weighted by molar-refractivity contribution is -0.131. The second-order valence-corrected chi connectivity index (χ2v) is 6.54. The second-order valence-electron chi connectivity index (χ2n) is 6.54. The fraction of sp³-hybridized carbons (Fsp3) is 0.812. The number of nitrogens with zero attached hydrogens (tertiary/aromatic N) is 4. The van der Waals surface area contributed by atoms with Gasteiger partial charge in [0.25, 0.3) is 0 Å². The van der Waals surface area contributed by atoms with Crippen molar-refractivity contribution in [2.45, 2.75) is 45.7 Å². The molecule has 2 atom stereocenters. The molecule has 2 unspecified atom stereocenters. The van der Waals surface area contributed by atoms with Gasteiger partial charge in [-0.1, -0.05) is 12.1 Å². The quantitative estimate of drug-likeness (QED) is 0.781. The van der Waals surface area contributed by atoms with Crippen LogP contribution >= 0.6 is 0 Å². The molecule has 128 valence electrons. The molecular formula is C16H26N4O3. The molecule has 0 aromatic carbocycles. The maximum absolute atomic E-state index is 12.1. The Morgan fingerprint density at radius 1 is 1.43 bits per heavy atom. The Bertz CT molecular complexity index is 527. The number of hydrogen-bond donors (Lipinski definition) is 0. The van der Waals surface area contributed by atoms with Gasteiger partial charge in [0, 0.05) is 45.6 Å². The highest BCUT2D eigenvalue weighted by atomic mass is 16.5. The standard InChI is InChI=1S/C16H26N4O3/c1-3-16-17-15(18-23-16)10-20(12(2)21)14-4-6-19(9-14)8-13-5-7-22-11-13/h13-14H,3-11H2,1-2H3. The first-order valence-corrected chi connectivity index (χ1v) is 8.54. The molecule has 1 aromatic rings. The summed E-state index contributed by atoms with van der Waals surface area (Å²) in [5, 5.41) is 3.97. The van der Waals surface area contributed by atoms with Gasteiger partial charge >= 0.3 is 0 Å². The molecule has 2 aliphatic heterocycles. The summed E-state index contributed by atoms with van der Waals surface area (Å²) >= 11 is 0. The second kappa shape index (κ2) is 7.40. The van der Waals surface area contributed by atoms with E-state index < -0.39 is 0 Å². The highest BCUT2D eigenvalue weighted by Gasteiger charge is 2.31. The average molecular weight is 322 g/mol. The normalized spacial score (nSPS) is 25.1. The number of carbonyl (C=O) groups excluding carboxylic acids is 1. The monoisotopic (exact) mass is 322 g/mol. The fourth-order valence-electron chi connectivity index (χ4n) is 3.47. The Labute approximate surface area is 137 Å². The van der Waals surface area contributed by atoms with E-state index in [4.69, 9.17) is 9.26 Å². The van der Waals surface area contributed by atoms with Crippen molar-refractivity contribution in [1.82, 2.24) is 19.9 Å². The molecule has 2 aliphatic rings. The maximum atomic E-state index is 12.1. The molecule has 23 heavy (non-hydrogen) atoms. The van der Waals surface area contributed by atoms with Crippen LogP contribution in [0.5, 0.6) is 0 Å². The molecule has 2 saturated heterocycles. The van der Waals surface area contributed by atoms with Crippen LogP contribution in [-0.2, 0) is 22.5 Å². The first-order chi connectivity index (χ1) is 11.2. The van der Waals surface area contributed by atoms with Crippen LogP contribution in [0.3, 0.4) is 0 Å². The zero-order valence-corrected chi connectivity index (χ0v) is 14.0. The molecule has 1 aromatic heterocycles. The van der Waals surface area contributed by atoms with E-state index in [1.54, 1.807) is 6.92 Å². The summed E-state index contributed by atoms with van der Waals surface area (Å²) < 4.78 is 10.6. The average Bonchev–Trinajstić information content (AvgIpc) is 3.26. The van der Waals surface area contributed by atoms with Crippen LogP contribution in [0.2, 0.25) is 0 Å². The van der Waals surface area contributed by atoms with Crippen LogP contribution in [0.1, 0.15) is 38.4 Å². The predicted octanol–water partition coefficient (Wildman–Crippen LogP) is 1.09. The van der Waals surface area contributed by atoms with Gasteiger partial charge in [0.15, 0.2) is 5.82 Å². The number of aryl methyl sites for hydroxylation is 1. The summed E-state index contributed by atoms with van der Waals surface area (Å²) in [5.41, 5.74) is 0. The third-order valence-corrected chi connectivity index (χ3v) is 4.76. The molecule has 0 spiro atoms. The molecule has 2 fully saturated rings. The van der Waals surface area contributed by atoms with Gasteiger partial charge in [-0.2, -0.15) is 4.98 Å². The van der Waals surface area contributed by atoms with Gasteiger partial charge in [-0.3, -0.25) is 4.79 Å².